The van der Waals surface area contributed by atoms with E-state index in [1.54, 1.807) is 24.3 Å². The molecule has 0 fully saturated rings. The van der Waals surface area contributed by atoms with E-state index in [2.05, 4.69) is 0 Å². The van der Waals surface area contributed by atoms with Gasteiger partial charge in [-0.1, -0.05) is 23.7 Å². The molecule has 1 N–H and O–H groups in total. The summed E-state index contributed by atoms with van der Waals surface area (Å²) in [6.45, 7) is 1.51. The quantitative estimate of drug-likeness (QED) is 0.894. The van der Waals surface area contributed by atoms with Crippen LogP contribution >= 0.6 is 11.6 Å². The zero-order valence-electron chi connectivity index (χ0n) is 9.01. The number of carbonyl (C=O) groups is 1. The summed E-state index contributed by atoms with van der Waals surface area (Å²) in [6.07, 6.45) is -4.52. The number of benzene rings is 1. The van der Waals surface area contributed by atoms with Gasteiger partial charge in [0.15, 0.2) is 0 Å². The van der Waals surface area contributed by atoms with Crippen molar-refractivity contribution in [2.24, 2.45) is 0 Å². The molecule has 6 heteroatoms. The Bertz CT molecular complexity index is 389. The van der Waals surface area contributed by atoms with E-state index in [0.29, 0.717) is 11.4 Å². The van der Waals surface area contributed by atoms with E-state index in [4.69, 9.17) is 11.6 Å². The van der Waals surface area contributed by atoms with E-state index in [0.717, 1.165) is 5.56 Å². The van der Waals surface area contributed by atoms with E-state index in [-0.39, 0.29) is 0 Å². The van der Waals surface area contributed by atoms with Gasteiger partial charge < -0.3 is 5.32 Å². The van der Waals surface area contributed by atoms with Gasteiger partial charge in [0.05, 0.1) is 0 Å². The third kappa shape index (κ3) is 4.65. The summed E-state index contributed by atoms with van der Waals surface area (Å²) >= 11 is 5.67. The van der Waals surface area contributed by atoms with E-state index in [1.165, 1.54) is 6.92 Å². The lowest BCUT2D eigenvalue weighted by Gasteiger charge is -2.15. The van der Waals surface area contributed by atoms with Crippen molar-refractivity contribution in [3.8, 4) is 0 Å². The average Bonchev–Trinajstić information content (AvgIpc) is 2.20. The lowest BCUT2D eigenvalue weighted by atomic mass is 10.1. The number of alkyl halides is 3. The number of amides is 1. The molecule has 0 aliphatic carbocycles. The molecule has 0 aliphatic rings. The molecule has 1 aromatic rings. The zero-order chi connectivity index (χ0) is 13.1. The smallest absolute Gasteiger partial charge is 0.345 e. The van der Waals surface area contributed by atoms with Crippen molar-refractivity contribution in [1.29, 1.82) is 0 Å². The second-order valence-electron chi connectivity index (χ2n) is 3.70. The normalized spacial score (nSPS) is 13.2. The Morgan fingerprint density at radius 3 is 2.35 bits per heavy atom. The lowest BCUT2D eigenvalue weighted by molar-refractivity contribution is -0.174. The molecule has 17 heavy (non-hydrogen) atoms. The summed E-state index contributed by atoms with van der Waals surface area (Å²) in [4.78, 5) is 10.7. The number of rotatable bonds is 3. The fourth-order valence-electron chi connectivity index (χ4n) is 1.33. The highest BCUT2D eigenvalue weighted by Crippen LogP contribution is 2.15. The molecule has 0 heterocycles. The van der Waals surface area contributed by atoms with Crippen molar-refractivity contribution >= 4 is 17.5 Å². The summed E-state index contributed by atoms with van der Waals surface area (Å²) in [5, 5.41) is 2.44. The van der Waals surface area contributed by atoms with Gasteiger partial charge in [0, 0.05) is 11.1 Å². The minimum atomic E-state index is -4.84. The molecule has 1 atom stereocenters. The monoisotopic (exact) mass is 265 g/mol. The van der Waals surface area contributed by atoms with Gasteiger partial charge in [-0.2, -0.15) is 13.2 Å². The van der Waals surface area contributed by atoms with Gasteiger partial charge in [-0.3, -0.25) is 4.79 Å². The molecule has 0 aliphatic heterocycles. The molecule has 0 radical (unpaired) electrons. The Labute approximate surface area is 102 Å². The average molecular weight is 266 g/mol. The Hall–Kier alpha value is -1.23. The van der Waals surface area contributed by atoms with Crippen LogP contribution in [-0.2, 0) is 11.2 Å². The van der Waals surface area contributed by atoms with Crippen molar-refractivity contribution in [1.82, 2.24) is 5.32 Å². The van der Waals surface area contributed by atoms with Crippen LogP contribution < -0.4 is 5.32 Å². The Balaban J connectivity index is 2.53. The van der Waals surface area contributed by atoms with Crippen LogP contribution in [0.5, 0.6) is 0 Å². The van der Waals surface area contributed by atoms with E-state index in [1.807, 2.05) is 5.32 Å². The molecular formula is C11H11ClF3NO. The third-order valence-electron chi connectivity index (χ3n) is 2.09. The van der Waals surface area contributed by atoms with Gasteiger partial charge in [0.2, 0.25) is 0 Å². The summed E-state index contributed by atoms with van der Waals surface area (Å²) in [6, 6.07) is 6.12. The molecule has 0 aromatic heterocycles. The highest BCUT2D eigenvalue weighted by atomic mass is 35.5. The van der Waals surface area contributed by atoms with Crippen molar-refractivity contribution in [3.05, 3.63) is 34.9 Å². The highest BCUT2D eigenvalue weighted by Gasteiger charge is 2.39. The largest absolute Gasteiger partial charge is 0.471 e. The topological polar surface area (TPSA) is 29.1 Å². The second-order valence-corrected chi connectivity index (χ2v) is 4.14. The van der Waals surface area contributed by atoms with E-state index < -0.39 is 18.1 Å². The van der Waals surface area contributed by atoms with Crippen molar-refractivity contribution in [3.63, 3.8) is 0 Å². The number of carbonyl (C=O) groups excluding carboxylic acids is 1. The second kappa shape index (κ2) is 5.40. The molecule has 0 bridgehead atoms. The molecule has 0 saturated carbocycles. The van der Waals surface area contributed by atoms with Crippen LogP contribution in [0.4, 0.5) is 13.2 Å². The summed E-state index contributed by atoms with van der Waals surface area (Å²) < 4.78 is 35.9. The molecular weight excluding hydrogens is 255 g/mol. The Kier molecular flexibility index (Phi) is 4.40. The van der Waals surface area contributed by atoms with Gasteiger partial charge in [-0.15, -0.1) is 0 Å². The van der Waals surface area contributed by atoms with Crippen LogP contribution in [0.1, 0.15) is 12.5 Å². The first-order chi connectivity index (χ1) is 7.79. The predicted octanol–water partition coefficient (Wildman–Crippen LogP) is 2.95. The zero-order valence-corrected chi connectivity index (χ0v) is 9.77. The van der Waals surface area contributed by atoms with E-state index >= 15 is 0 Å². The molecule has 1 aromatic carbocycles. The highest BCUT2D eigenvalue weighted by molar-refractivity contribution is 6.30. The van der Waals surface area contributed by atoms with Gasteiger partial charge in [0.25, 0.3) is 0 Å². The number of halogens is 4. The Morgan fingerprint density at radius 2 is 1.88 bits per heavy atom. The maximum absolute atomic E-state index is 12.0. The molecule has 1 rings (SSSR count). The predicted molar refractivity (Wildman–Crippen MR) is 58.8 cm³/mol. The van der Waals surface area contributed by atoms with Crippen LogP contribution in [0.15, 0.2) is 24.3 Å². The molecule has 94 valence electrons. The first kappa shape index (κ1) is 13.8. The number of hydrogen-bond acceptors (Lipinski definition) is 1. The standard InChI is InChI=1S/C11H11ClF3NO/c1-7(16-10(17)11(13,14)15)6-8-2-4-9(12)5-3-8/h2-5,7H,6H2,1H3,(H,16,17). The SMILES string of the molecule is CC(Cc1ccc(Cl)cc1)NC(=O)C(F)(F)F. The van der Waals surface area contributed by atoms with Gasteiger partial charge >= 0.3 is 12.1 Å². The molecule has 1 amide bonds. The molecule has 0 saturated heterocycles. The van der Waals surface area contributed by atoms with Crippen molar-refractivity contribution in [2.75, 3.05) is 0 Å². The molecule has 1 unspecified atom stereocenters. The van der Waals surface area contributed by atoms with Crippen LogP contribution in [0.25, 0.3) is 0 Å². The van der Waals surface area contributed by atoms with Crippen LogP contribution in [0.3, 0.4) is 0 Å². The van der Waals surface area contributed by atoms with Gasteiger partial charge in [0.1, 0.15) is 0 Å². The first-order valence-corrected chi connectivity index (χ1v) is 5.29. The van der Waals surface area contributed by atoms with Gasteiger partial charge in [-0.05, 0) is 31.0 Å². The first-order valence-electron chi connectivity index (χ1n) is 4.91. The maximum Gasteiger partial charge on any atom is 0.471 e. The van der Waals surface area contributed by atoms with Gasteiger partial charge in [-0.25, -0.2) is 0 Å². The number of nitrogens with one attached hydrogen (secondary N) is 1. The van der Waals surface area contributed by atoms with Crippen LogP contribution in [0.2, 0.25) is 5.02 Å². The third-order valence-corrected chi connectivity index (χ3v) is 2.34. The van der Waals surface area contributed by atoms with Crippen molar-refractivity contribution in [2.45, 2.75) is 25.6 Å². The van der Waals surface area contributed by atoms with Crippen LogP contribution in [0, 0.1) is 0 Å². The number of hydrogen-bond donors (Lipinski definition) is 1. The Morgan fingerprint density at radius 1 is 1.35 bits per heavy atom. The minimum Gasteiger partial charge on any atom is -0.345 e. The fourth-order valence-corrected chi connectivity index (χ4v) is 1.46. The molecule has 2 nitrogen and oxygen atoms in total. The summed E-state index contributed by atoms with van der Waals surface area (Å²) in [5.74, 6) is -1.92. The summed E-state index contributed by atoms with van der Waals surface area (Å²) in [5.41, 5.74) is 0.810. The maximum atomic E-state index is 12.0. The van der Waals surface area contributed by atoms with E-state index in [9.17, 15) is 18.0 Å². The molecule has 0 spiro atoms. The lowest BCUT2D eigenvalue weighted by Crippen LogP contribution is -2.42. The van der Waals surface area contributed by atoms with Crippen molar-refractivity contribution < 1.29 is 18.0 Å². The minimum absolute atomic E-state index is 0.318. The fraction of sp³-hybridized carbons (Fsp3) is 0.364. The van der Waals surface area contributed by atoms with Crippen LogP contribution in [-0.4, -0.2) is 18.1 Å². The summed E-state index contributed by atoms with van der Waals surface area (Å²) in [7, 11) is 0.